The minimum atomic E-state index is 0.155. The highest BCUT2D eigenvalue weighted by atomic mass is 35.5. The average molecular weight is 248 g/mol. The molecule has 1 unspecified atom stereocenters. The maximum Gasteiger partial charge on any atom is 0.0759 e. The van der Waals surface area contributed by atoms with Crippen LogP contribution in [-0.4, -0.2) is 17.0 Å². The van der Waals surface area contributed by atoms with Crippen LogP contribution >= 0.6 is 11.6 Å². The van der Waals surface area contributed by atoms with E-state index in [9.17, 15) is 0 Å². The number of rotatable bonds is 4. The first-order valence-electron chi connectivity index (χ1n) is 5.47. The Bertz CT molecular complexity index is 473. The summed E-state index contributed by atoms with van der Waals surface area (Å²) in [5.41, 5.74) is 2.12. The van der Waals surface area contributed by atoms with Crippen molar-refractivity contribution in [2.45, 2.75) is 12.5 Å². The van der Waals surface area contributed by atoms with Gasteiger partial charge in [0, 0.05) is 23.6 Å². The van der Waals surface area contributed by atoms with Gasteiger partial charge in [-0.25, -0.2) is 0 Å². The number of halogens is 1. The summed E-state index contributed by atoms with van der Waals surface area (Å²) in [6.45, 7) is 0. The van der Waals surface area contributed by atoms with E-state index >= 15 is 0 Å². The molecule has 0 spiro atoms. The van der Waals surface area contributed by atoms with Crippen LogP contribution in [0.1, 0.15) is 17.3 Å². The van der Waals surface area contributed by atoms with E-state index in [0.29, 0.717) is 0 Å². The van der Waals surface area contributed by atoms with Crippen molar-refractivity contribution in [3.63, 3.8) is 0 Å². The summed E-state index contributed by atoms with van der Waals surface area (Å²) < 4.78 is 0. The number of aromatic nitrogens is 2. The Kier molecular flexibility index (Phi) is 4.07. The fraction of sp³-hybridized carbons (Fsp3) is 0.231. The maximum atomic E-state index is 5.97. The molecular formula is C13H14ClN3. The van der Waals surface area contributed by atoms with Gasteiger partial charge in [0.15, 0.2) is 0 Å². The summed E-state index contributed by atoms with van der Waals surface area (Å²) >= 11 is 5.97. The molecule has 17 heavy (non-hydrogen) atoms. The molecule has 0 aliphatic carbocycles. The lowest BCUT2D eigenvalue weighted by atomic mass is 10.0. The normalized spacial score (nSPS) is 12.4. The number of benzene rings is 1. The molecule has 88 valence electrons. The molecule has 2 aromatic rings. The number of nitrogens with one attached hydrogen (secondary N) is 1. The number of nitrogens with zero attached hydrogens (tertiary/aromatic N) is 2. The van der Waals surface area contributed by atoms with Gasteiger partial charge in [-0.05, 0) is 31.2 Å². The molecule has 0 saturated carbocycles. The molecule has 3 nitrogen and oxygen atoms in total. The Morgan fingerprint density at radius 2 is 2.24 bits per heavy atom. The number of likely N-dealkylation sites (N-methyl/N-ethyl adjacent to an activating group) is 1. The quantitative estimate of drug-likeness (QED) is 0.903. The predicted octanol–water partition coefficient (Wildman–Crippen LogP) is 2.63. The standard InChI is InChI=1S/C13H14ClN3/c1-15-12(13-9-16-5-6-17-13)8-10-3-2-4-11(14)7-10/h2-7,9,12,15H,8H2,1H3. The highest BCUT2D eigenvalue weighted by molar-refractivity contribution is 6.30. The maximum absolute atomic E-state index is 5.97. The summed E-state index contributed by atoms with van der Waals surface area (Å²) in [6.07, 6.45) is 6.01. The lowest BCUT2D eigenvalue weighted by Crippen LogP contribution is -2.20. The SMILES string of the molecule is CNC(Cc1cccc(Cl)c1)c1cnccn1. The van der Waals surface area contributed by atoms with Gasteiger partial charge in [-0.3, -0.25) is 9.97 Å². The highest BCUT2D eigenvalue weighted by Gasteiger charge is 2.11. The summed E-state index contributed by atoms with van der Waals surface area (Å²) in [6, 6.07) is 8.03. The summed E-state index contributed by atoms with van der Waals surface area (Å²) in [5, 5.41) is 4.00. The largest absolute Gasteiger partial charge is 0.311 e. The molecule has 1 aromatic heterocycles. The van der Waals surface area contributed by atoms with E-state index in [2.05, 4.69) is 21.4 Å². The Morgan fingerprint density at radius 3 is 2.88 bits per heavy atom. The topological polar surface area (TPSA) is 37.8 Å². The Balaban J connectivity index is 2.16. The van der Waals surface area contributed by atoms with Crippen LogP contribution in [0, 0.1) is 0 Å². The second-order valence-corrected chi connectivity index (χ2v) is 4.24. The van der Waals surface area contributed by atoms with Crippen LogP contribution in [0.15, 0.2) is 42.9 Å². The molecule has 0 saturated heterocycles. The van der Waals surface area contributed by atoms with Crippen LogP contribution in [0.25, 0.3) is 0 Å². The second-order valence-electron chi connectivity index (χ2n) is 3.81. The van der Waals surface area contributed by atoms with Gasteiger partial charge in [0.25, 0.3) is 0 Å². The van der Waals surface area contributed by atoms with Crippen molar-refractivity contribution >= 4 is 11.6 Å². The Morgan fingerprint density at radius 1 is 1.35 bits per heavy atom. The van der Waals surface area contributed by atoms with Crippen molar-refractivity contribution < 1.29 is 0 Å². The molecule has 0 radical (unpaired) electrons. The lowest BCUT2D eigenvalue weighted by molar-refractivity contribution is 0.573. The van der Waals surface area contributed by atoms with E-state index in [1.807, 2.05) is 25.2 Å². The Hall–Kier alpha value is -1.45. The molecule has 2 rings (SSSR count). The highest BCUT2D eigenvalue weighted by Crippen LogP contribution is 2.18. The lowest BCUT2D eigenvalue weighted by Gasteiger charge is -2.15. The minimum absolute atomic E-state index is 0.155. The smallest absolute Gasteiger partial charge is 0.0759 e. The van der Waals surface area contributed by atoms with Crippen molar-refractivity contribution in [3.05, 3.63) is 59.1 Å². The van der Waals surface area contributed by atoms with Gasteiger partial charge in [0.05, 0.1) is 11.7 Å². The fourth-order valence-corrected chi connectivity index (χ4v) is 1.96. The van der Waals surface area contributed by atoms with Gasteiger partial charge in [-0.2, -0.15) is 0 Å². The first-order valence-corrected chi connectivity index (χ1v) is 5.85. The first kappa shape index (κ1) is 12.0. The van der Waals surface area contributed by atoms with E-state index < -0.39 is 0 Å². The monoisotopic (exact) mass is 247 g/mol. The number of hydrogen-bond donors (Lipinski definition) is 1. The average Bonchev–Trinajstić information content (AvgIpc) is 2.37. The van der Waals surface area contributed by atoms with Crippen molar-refractivity contribution in [2.24, 2.45) is 0 Å². The van der Waals surface area contributed by atoms with Crippen LogP contribution in [0.2, 0.25) is 5.02 Å². The summed E-state index contributed by atoms with van der Waals surface area (Å²) in [7, 11) is 1.92. The molecular weight excluding hydrogens is 234 g/mol. The van der Waals surface area contributed by atoms with Crippen molar-refractivity contribution in [1.29, 1.82) is 0 Å². The van der Waals surface area contributed by atoms with Crippen molar-refractivity contribution in [3.8, 4) is 0 Å². The molecule has 1 N–H and O–H groups in total. The van der Waals surface area contributed by atoms with E-state index in [1.54, 1.807) is 18.6 Å². The molecule has 1 aromatic carbocycles. The third kappa shape index (κ3) is 3.25. The molecule has 4 heteroatoms. The van der Waals surface area contributed by atoms with Crippen LogP contribution in [-0.2, 0) is 6.42 Å². The Labute approximate surface area is 106 Å². The first-order chi connectivity index (χ1) is 8.29. The second kappa shape index (κ2) is 5.75. The summed E-state index contributed by atoms with van der Waals surface area (Å²) in [4.78, 5) is 8.39. The zero-order valence-corrected chi connectivity index (χ0v) is 10.4. The zero-order chi connectivity index (χ0) is 12.1. The molecule has 1 atom stereocenters. The van der Waals surface area contributed by atoms with Crippen LogP contribution in [0.4, 0.5) is 0 Å². The summed E-state index contributed by atoms with van der Waals surface area (Å²) in [5.74, 6) is 0. The minimum Gasteiger partial charge on any atom is -0.311 e. The molecule has 0 bridgehead atoms. The van der Waals surface area contributed by atoms with Crippen molar-refractivity contribution in [1.82, 2.24) is 15.3 Å². The van der Waals surface area contributed by atoms with E-state index in [-0.39, 0.29) is 6.04 Å². The van der Waals surface area contributed by atoms with Gasteiger partial charge in [0.2, 0.25) is 0 Å². The van der Waals surface area contributed by atoms with Gasteiger partial charge in [-0.15, -0.1) is 0 Å². The van der Waals surface area contributed by atoms with Crippen LogP contribution in [0.3, 0.4) is 0 Å². The van der Waals surface area contributed by atoms with Gasteiger partial charge in [-0.1, -0.05) is 23.7 Å². The van der Waals surface area contributed by atoms with Crippen LogP contribution < -0.4 is 5.32 Å². The van der Waals surface area contributed by atoms with Crippen molar-refractivity contribution in [2.75, 3.05) is 7.05 Å². The van der Waals surface area contributed by atoms with Gasteiger partial charge in [0.1, 0.15) is 0 Å². The van der Waals surface area contributed by atoms with E-state index in [1.165, 1.54) is 5.56 Å². The molecule has 0 fully saturated rings. The van der Waals surface area contributed by atoms with Gasteiger partial charge < -0.3 is 5.32 Å². The number of hydrogen-bond acceptors (Lipinski definition) is 3. The molecule has 1 heterocycles. The zero-order valence-electron chi connectivity index (χ0n) is 9.60. The molecule has 0 amide bonds. The predicted molar refractivity (Wildman–Crippen MR) is 69.0 cm³/mol. The molecule has 0 aliphatic heterocycles. The van der Waals surface area contributed by atoms with Crippen LogP contribution in [0.5, 0.6) is 0 Å². The van der Waals surface area contributed by atoms with E-state index in [4.69, 9.17) is 11.6 Å². The molecule has 0 aliphatic rings. The fourth-order valence-electron chi connectivity index (χ4n) is 1.74. The third-order valence-corrected chi connectivity index (χ3v) is 2.85. The van der Waals surface area contributed by atoms with E-state index in [0.717, 1.165) is 17.1 Å². The van der Waals surface area contributed by atoms with Gasteiger partial charge >= 0.3 is 0 Å². The third-order valence-electron chi connectivity index (χ3n) is 2.62.